The first-order valence-corrected chi connectivity index (χ1v) is 7.43. The summed E-state index contributed by atoms with van der Waals surface area (Å²) in [5, 5.41) is 9.13. The number of aliphatic hydroxyl groups is 1. The molecule has 8 heteroatoms. The second-order valence-electron chi connectivity index (χ2n) is 4.46. The molecule has 0 saturated heterocycles. The minimum atomic E-state index is -4.14. The highest BCUT2D eigenvalue weighted by atomic mass is 35.5. The third-order valence-electron chi connectivity index (χ3n) is 2.63. The molecule has 1 aromatic rings. The SMILES string of the molecule is CC(C)C(CO)NS(=O)(=O)c1cc(Cl)cc(N)c1F. The van der Waals surface area contributed by atoms with E-state index >= 15 is 0 Å². The molecule has 0 aliphatic rings. The molecule has 0 aliphatic carbocycles. The van der Waals surface area contributed by atoms with E-state index in [1.807, 2.05) is 0 Å². The quantitative estimate of drug-likeness (QED) is 0.716. The Kier molecular flexibility index (Phi) is 5.14. The minimum absolute atomic E-state index is 0.0179. The van der Waals surface area contributed by atoms with Crippen molar-refractivity contribution in [2.45, 2.75) is 24.8 Å². The Morgan fingerprint density at radius 1 is 1.47 bits per heavy atom. The topological polar surface area (TPSA) is 92.4 Å². The van der Waals surface area contributed by atoms with Crippen LogP contribution in [0.25, 0.3) is 0 Å². The van der Waals surface area contributed by atoms with Crippen molar-refractivity contribution in [3.8, 4) is 0 Å². The van der Waals surface area contributed by atoms with Crippen LogP contribution in [0.3, 0.4) is 0 Å². The predicted octanol–water partition coefficient (Wildman–Crippen LogP) is 1.36. The molecule has 0 amide bonds. The van der Waals surface area contributed by atoms with Gasteiger partial charge in [0.2, 0.25) is 10.0 Å². The average molecular weight is 311 g/mol. The molecule has 0 heterocycles. The number of aliphatic hydroxyl groups excluding tert-OH is 1. The zero-order valence-corrected chi connectivity index (χ0v) is 12.1. The third-order valence-corrected chi connectivity index (χ3v) is 4.34. The highest BCUT2D eigenvalue weighted by molar-refractivity contribution is 7.89. The van der Waals surface area contributed by atoms with Gasteiger partial charge in [0, 0.05) is 11.1 Å². The molecule has 4 N–H and O–H groups in total. The third kappa shape index (κ3) is 3.79. The summed E-state index contributed by atoms with van der Waals surface area (Å²) in [6.07, 6.45) is 0. The minimum Gasteiger partial charge on any atom is -0.396 e. The van der Waals surface area contributed by atoms with Crippen LogP contribution in [-0.4, -0.2) is 26.2 Å². The Balaban J connectivity index is 3.21. The summed E-state index contributed by atoms with van der Waals surface area (Å²) < 4.78 is 40.1. The number of benzene rings is 1. The van der Waals surface area contributed by atoms with E-state index in [9.17, 15) is 12.8 Å². The molecule has 0 fully saturated rings. The number of halogens is 2. The molecule has 5 nitrogen and oxygen atoms in total. The van der Waals surface area contributed by atoms with Crippen LogP contribution in [-0.2, 0) is 10.0 Å². The maximum absolute atomic E-state index is 13.8. The van der Waals surface area contributed by atoms with Crippen molar-refractivity contribution in [3.63, 3.8) is 0 Å². The smallest absolute Gasteiger partial charge is 0.243 e. The van der Waals surface area contributed by atoms with Crippen molar-refractivity contribution in [1.29, 1.82) is 0 Å². The molecule has 0 bridgehead atoms. The second kappa shape index (κ2) is 6.04. The molecule has 1 atom stereocenters. The first kappa shape index (κ1) is 16.2. The van der Waals surface area contributed by atoms with E-state index in [4.69, 9.17) is 22.4 Å². The standard InChI is InChI=1S/C11H16ClFN2O3S/c1-6(2)9(5-16)15-19(17,18)10-4-7(12)3-8(14)11(10)13/h3-4,6,9,15-16H,5,14H2,1-2H3. The molecule has 0 aromatic heterocycles. The van der Waals surface area contributed by atoms with Gasteiger partial charge in [0.05, 0.1) is 12.3 Å². The van der Waals surface area contributed by atoms with Gasteiger partial charge in [-0.1, -0.05) is 25.4 Å². The van der Waals surface area contributed by atoms with E-state index in [1.54, 1.807) is 13.8 Å². The number of nitrogen functional groups attached to an aromatic ring is 1. The van der Waals surface area contributed by atoms with Gasteiger partial charge in [0.1, 0.15) is 4.90 Å². The van der Waals surface area contributed by atoms with Crippen LogP contribution in [0.5, 0.6) is 0 Å². The van der Waals surface area contributed by atoms with Gasteiger partial charge < -0.3 is 10.8 Å². The molecule has 0 radical (unpaired) electrons. The Morgan fingerprint density at radius 2 is 2.05 bits per heavy atom. The summed E-state index contributed by atoms with van der Waals surface area (Å²) in [5.74, 6) is -1.21. The van der Waals surface area contributed by atoms with Crippen molar-refractivity contribution >= 4 is 27.3 Å². The molecular weight excluding hydrogens is 295 g/mol. The van der Waals surface area contributed by atoms with E-state index in [0.717, 1.165) is 12.1 Å². The lowest BCUT2D eigenvalue weighted by Crippen LogP contribution is -2.41. The van der Waals surface area contributed by atoms with Gasteiger partial charge >= 0.3 is 0 Å². The van der Waals surface area contributed by atoms with Gasteiger partial charge in [-0.05, 0) is 18.1 Å². The first-order valence-electron chi connectivity index (χ1n) is 5.56. The number of rotatable bonds is 5. The summed E-state index contributed by atoms with van der Waals surface area (Å²) in [6.45, 7) is 3.06. The molecule has 1 rings (SSSR count). The van der Waals surface area contributed by atoms with E-state index in [-0.39, 0.29) is 16.6 Å². The lowest BCUT2D eigenvalue weighted by atomic mass is 10.1. The summed E-state index contributed by atoms with van der Waals surface area (Å²) in [6, 6.07) is 1.39. The van der Waals surface area contributed by atoms with Crippen LogP contribution in [0.4, 0.5) is 10.1 Å². The summed E-state index contributed by atoms with van der Waals surface area (Å²) >= 11 is 5.67. The lowest BCUT2D eigenvalue weighted by Gasteiger charge is -2.20. The zero-order chi connectivity index (χ0) is 14.8. The highest BCUT2D eigenvalue weighted by Crippen LogP contribution is 2.25. The predicted molar refractivity (Wildman–Crippen MR) is 71.9 cm³/mol. The number of nitrogens with two attached hydrogens (primary N) is 1. The molecule has 1 aromatic carbocycles. The van der Waals surface area contributed by atoms with E-state index in [1.165, 1.54) is 0 Å². The number of anilines is 1. The van der Waals surface area contributed by atoms with Crippen LogP contribution >= 0.6 is 11.6 Å². The molecule has 0 saturated carbocycles. The molecule has 108 valence electrons. The van der Waals surface area contributed by atoms with Crippen molar-refractivity contribution in [2.24, 2.45) is 5.92 Å². The van der Waals surface area contributed by atoms with Crippen LogP contribution < -0.4 is 10.5 Å². The van der Waals surface area contributed by atoms with E-state index in [0.29, 0.717) is 0 Å². The Labute approximate surface area is 116 Å². The molecule has 0 spiro atoms. The number of hydrogen-bond donors (Lipinski definition) is 3. The van der Waals surface area contributed by atoms with Gasteiger partial charge in [-0.2, -0.15) is 0 Å². The number of sulfonamides is 1. The lowest BCUT2D eigenvalue weighted by molar-refractivity contribution is 0.227. The fourth-order valence-electron chi connectivity index (χ4n) is 1.43. The molecule has 0 aliphatic heterocycles. The van der Waals surface area contributed by atoms with Gasteiger partial charge in [0.25, 0.3) is 0 Å². The molecule has 1 unspecified atom stereocenters. The number of hydrogen-bond acceptors (Lipinski definition) is 4. The second-order valence-corrected chi connectivity index (χ2v) is 6.58. The van der Waals surface area contributed by atoms with Gasteiger partial charge in [-0.25, -0.2) is 17.5 Å². The summed E-state index contributed by atoms with van der Waals surface area (Å²) in [7, 11) is -4.14. The largest absolute Gasteiger partial charge is 0.396 e. The van der Waals surface area contributed by atoms with Crippen molar-refractivity contribution in [2.75, 3.05) is 12.3 Å². The van der Waals surface area contributed by atoms with E-state index in [2.05, 4.69) is 4.72 Å². The molecular formula is C11H16ClFN2O3S. The Bertz CT molecular complexity index is 563. The van der Waals surface area contributed by atoms with Crippen LogP contribution in [0.2, 0.25) is 5.02 Å². The maximum atomic E-state index is 13.8. The summed E-state index contributed by atoms with van der Waals surface area (Å²) in [5.41, 5.74) is 4.99. The maximum Gasteiger partial charge on any atom is 0.243 e. The van der Waals surface area contributed by atoms with E-state index < -0.39 is 33.4 Å². The summed E-state index contributed by atoms with van der Waals surface area (Å²) in [4.78, 5) is -0.628. The van der Waals surface area contributed by atoms with Crippen LogP contribution in [0, 0.1) is 11.7 Å². The fourth-order valence-corrected chi connectivity index (χ4v) is 3.23. The monoisotopic (exact) mass is 310 g/mol. The highest BCUT2D eigenvalue weighted by Gasteiger charge is 2.26. The zero-order valence-electron chi connectivity index (χ0n) is 10.5. The first-order chi connectivity index (χ1) is 8.69. The van der Waals surface area contributed by atoms with Crippen molar-refractivity contribution in [1.82, 2.24) is 4.72 Å². The Hall–Kier alpha value is -0.890. The van der Waals surface area contributed by atoms with Crippen LogP contribution in [0.15, 0.2) is 17.0 Å². The van der Waals surface area contributed by atoms with Crippen LogP contribution in [0.1, 0.15) is 13.8 Å². The average Bonchev–Trinajstić information content (AvgIpc) is 2.30. The fraction of sp³-hybridized carbons (Fsp3) is 0.455. The van der Waals surface area contributed by atoms with Crippen molar-refractivity contribution in [3.05, 3.63) is 23.0 Å². The normalized spacial score (nSPS) is 13.8. The van der Waals surface area contributed by atoms with Crippen molar-refractivity contribution < 1.29 is 17.9 Å². The van der Waals surface area contributed by atoms with Gasteiger partial charge in [0.15, 0.2) is 5.82 Å². The van der Waals surface area contributed by atoms with Gasteiger partial charge in [-0.15, -0.1) is 0 Å². The Morgan fingerprint density at radius 3 is 2.53 bits per heavy atom. The van der Waals surface area contributed by atoms with Gasteiger partial charge in [-0.3, -0.25) is 0 Å². The number of nitrogens with one attached hydrogen (secondary N) is 1. The molecule has 19 heavy (non-hydrogen) atoms.